The van der Waals surface area contributed by atoms with Gasteiger partial charge in [0, 0.05) is 25.8 Å². The molecule has 0 aromatic heterocycles. The lowest BCUT2D eigenvalue weighted by Crippen LogP contribution is -2.29. The van der Waals surface area contributed by atoms with Crippen LogP contribution in [0.5, 0.6) is 0 Å². The zero-order valence-corrected chi connectivity index (χ0v) is 15.5. The maximum absolute atomic E-state index is 12.5. The lowest BCUT2D eigenvalue weighted by Gasteiger charge is -2.24. The van der Waals surface area contributed by atoms with Crippen LogP contribution in [0.2, 0.25) is 10.0 Å². The Morgan fingerprint density at radius 2 is 1.74 bits per heavy atom. The van der Waals surface area contributed by atoms with E-state index in [1.54, 1.807) is 30.3 Å². The molecule has 0 N–H and O–H groups in total. The normalized spacial score (nSPS) is 20.0. The number of hydrogen-bond donors (Lipinski definition) is 0. The average molecular weight is 435 g/mol. The molecule has 4 nitrogen and oxygen atoms in total. The lowest BCUT2D eigenvalue weighted by molar-refractivity contribution is -0.115. The standard InChI is InChI=1S/C15H10BrCl2NO3S/c16-9-1-4-11(5-2-9)19-14(20)8-23(21,22)15(19)12-6-3-10(17)7-13(12)18/h1-7,15H,8H2. The van der Waals surface area contributed by atoms with E-state index in [0.29, 0.717) is 16.3 Å². The highest BCUT2D eigenvalue weighted by atomic mass is 79.9. The third-order valence-electron chi connectivity index (χ3n) is 3.50. The molecule has 8 heteroatoms. The Kier molecular flexibility index (Phi) is 4.44. The van der Waals surface area contributed by atoms with Gasteiger partial charge < -0.3 is 0 Å². The Balaban J connectivity index is 2.17. The Morgan fingerprint density at radius 3 is 2.35 bits per heavy atom. The maximum atomic E-state index is 12.5. The van der Waals surface area contributed by atoms with Crippen LogP contribution in [0.15, 0.2) is 46.9 Å². The molecule has 120 valence electrons. The summed E-state index contributed by atoms with van der Waals surface area (Å²) in [6.07, 6.45) is 0. The van der Waals surface area contributed by atoms with Gasteiger partial charge in [0.1, 0.15) is 5.75 Å². The molecular weight excluding hydrogens is 425 g/mol. The van der Waals surface area contributed by atoms with Gasteiger partial charge in [-0.3, -0.25) is 9.69 Å². The van der Waals surface area contributed by atoms with Gasteiger partial charge in [0.2, 0.25) is 5.91 Å². The molecular formula is C15H10BrCl2NO3S. The number of carbonyl (C=O) groups is 1. The van der Waals surface area contributed by atoms with E-state index < -0.39 is 26.9 Å². The fourth-order valence-electron chi connectivity index (χ4n) is 2.53. The molecule has 1 fully saturated rings. The number of amides is 1. The van der Waals surface area contributed by atoms with Crippen LogP contribution < -0.4 is 4.90 Å². The van der Waals surface area contributed by atoms with Crippen molar-refractivity contribution in [3.05, 3.63) is 62.5 Å². The first-order chi connectivity index (χ1) is 10.8. The molecule has 1 saturated heterocycles. The molecule has 1 aliphatic rings. The topological polar surface area (TPSA) is 54.5 Å². The number of carbonyl (C=O) groups excluding carboxylic acids is 1. The molecule has 2 aromatic rings. The van der Waals surface area contributed by atoms with Crippen molar-refractivity contribution in [3.8, 4) is 0 Å². The average Bonchev–Trinajstić information content (AvgIpc) is 2.69. The van der Waals surface area contributed by atoms with Gasteiger partial charge in [-0.15, -0.1) is 0 Å². The molecule has 1 atom stereocenters. The third kappa shape index (κ3) is 3.13. The quantitative estimate of drug-likeness (QED) is 0.711. The zero-order chi connectivity index (χ0) is 16.8. The molecule has 1 amide bonds. The van der Waals surface area contributed by atoms with Gasteiger partial charge in [-0.05, 0) is 36.4 Å². The number of rotatable bonds is 2. The van der Waals surface area contributed by atoms with Crippen molar-refractivity contribution in [1.82, 2.24) is 0 Å². The van der Waals surface area contributed by atoms with Crippen LogP contribution in [0.3, 0.4) is 0 Å². The number of sulfone groups is 1. The third-order valence-corrected chi connectivity index (χ3v) is 6.39. The molecule has 0 aliphatic carbocycles. The summed E-state index contributed by atoms with van der Waals surface area (Å²) >= 11 is 15.4. The van der Waals surface area contributed by atoms with Crippen molar-refractivity contribution in [3.63, 3.8) is 0 Å². The highest BCUT2D eigenvalue weighted by molar-refractivity contribution is 9.10. The Labute approximate surface area is 152 Å². The first kappa shape index (κ1) is 16.8. The summed E-state index contributed by atoms with van der Waals surface area (Å²) in [7, 11) is -3.69. The minimum absolute atomic E-state index is 0.211. The van der Waals surface area contributed by atoms with Crippen molar-refractivity contribution in [2.24, 2.45) is 0 Å². The summed E-state index contributed by atoms with van der Waals surface area (Å²) < 4.78 is 25.8. The predicted octanol–water partition coefficient (Wildman–Crippen LogP) is 4.22. The summed E-state index contributed by atoms with van der Waals surface area (Å²) in [6, 6.07) is 11.4. The minimum Gasteiger partial charge on any atom is -0.290 e. The second-order valence-electron chi connectivity index (χ2n) is 5.07. The van der Waals surface area contributed by atoms with Crippen molar-refractivity contribution < 1.29 is 13.2 Å². The fourth-order valence-corrected chi connectivity index (χ4v) is 5.16. The van der Waals surface area contributed by atoms with E-state index in [4.69, 9.17) is 23.2 Å². The number of halogens is 3. The SMILES string of the molecule is O=C1CS(=O)(=O)C(c2ccc(Cl)cc2Cl)N1c1ccc(Br)cc1. The van der Waals surface area contributed by atoms with Gasteiger partial charge in [-0.2, -0.15) is 0 Å². The molecule has 1 unspecified atom stereocenters. The van der Waals surface area contributed by atoms with E-state index in [0.717, 1.165) is 4.47 Å². The second kappa shape index (κ2) is 6.09. The van der Waals surface area contributed by atoms with Crippen LogP contribution in [0.4, 0.5) is 5.69 Å². The Hall–Kier alpha value is -1.08. The van der Waals surface area contributed by atoms with E-state index in [2.05, 4.69) is 15.9 Å². The lowest BCUT2D eigenvalue weighted by atomic mass is 10.2. The van der Waals surface area contributed by atoms with Gasteiger partial charge in [-0.25, -0.2) is 8.42 Å². The molecule has 1 heterocycles. The van der Waals surface area contributed by atoms with Crippen molar-refractivity contribution >= 4 is 60.6 Å². The van der Waals surface area contributed by atoms with Crippen LogP contribution in [-0.2, 0) is 14.6 Å². The first-order valence-electron chi connectivity index (χ1n) is 6.54. The molecule has 1 aliphatic heterocycles. The van der Waals surface area contributed by atoms with Crippen molar-refractivity contribution in [2.75, 3.05) is 10.7 Å². The first-order valence-corrected chi connectivity index (χ1v) is 9.80. The smallest absolute Gasteiger partial charge is 0.243 e. The molecule has 0 spiro atoms. The van der Waals surface area contributed by atoms with Gasteiger partial charge in [0.25, 0.3) is 0 Å². The van der Waals surface area contributed by atoms with Gasteiger partial charge >= 0.3 is 0 Å². The molecule has 2 aromatic carbocycles. The van der Waals surface area contributed by atoms with E-state index in [-0.39, 0.29) is 5.02 Å². The zero-order valence-electron chi connectivity index (χ0n) is 11.5. The van der Waals surface area contributed by atoms with Crippen LogP contribution in [-0.4, -0.2) is 20.1 Å². The summed E-state index contributed by atoms with van der Waals surface area (Å²) in [5.41, 5.74) is 0.833. The fraction of sp³-hybridized carbons (Fsp3) is 0.133. The molecule has 0 saturated carbocycles. The van der Waals surface area contributed by atoms with Gasteiger partial charge in [0.15, 0.2) is 15.2 Å². The molecule has 0 bridgehead atoms. The highest BCUT2D eigenvalue weighted by Gasteiger charge is 2.46. The number of benzene rings is 2. The Bertz CT molecular complexity index is 884. The number of hydrogen-bond acceptors (Lipinski definition) is 3. The summed E-state index contributed by atoms with van der Waals surface area (Å²) in [6.45, 7) is 0. The Morgan fingerprint density at radius 1 is 1.09 bits per heavy atom. The van der Waals surface area contributed by atoms with Crippen molar-refractivity contribution in [1.29, 1.82) is 0 Å². The number of anilines is 1. The summed E-state index contributed by atoms with van der Waals surface area (Å²) in [4.78, 5) is 13.6. The monoisotopic (exact) mass is 433 g/mol. The summed E-state index contributed by atoms with van der Waals surface area (Å²) in [5.74, 6) is -1.03. The van der Waals surface area contributed by atoms with Crippen LogP contribution in [0, 0.1) is 0 Å². The molecule has 0 radical (unpaired) electrons. The van der Waals surface area contributed by atoms with Crippen LogP contribution in [0.25, 0.3) is 0 Å². The van der Waals surface area contributed by atoms with E-state index >= 15 is 0 Å². The minimum atomic E-state index is -3.69. The predicted molar refractivity (Wildman–Crippen MR) is 94.6 cm³/mol. The largest absolute Gasteiger partial charge is 0.290 e. The van der Waals surface area contributed by atoms with Gasteiger partial charge in [-0.1, -0.05) is 45.2 Å². The second-order valence-corrected chi connectivity index (χ2v) is 8.89. The maximum Gasteiger partial charge on any atom is 0.243 e. The van der Waals surface area contributed by atoms with Gasteiger partial charge in [0.05, 0.1) is 0 Å². The summed E-state index contributed by atoms with van der Waals surface area (Å²) in [5, 5.41) is -0.542. The van der Waals surface area contributed by atoms with Crippen molar-refractivity contribution in [2.45, 2.75) is 5.37 Å². The molecule has 23 heavy (non-hydrogen) atoms. The van der Waals surface area contributed by atoms with E-state index in [9.17, 15) is 13.2 Å². The molecule has 3 rings (SSSR count). The van der Waals surface area contributed by atoms with Crippen LogP contribution in [0.1, 0.15) is 10.9 Å². The van der Waals surface area contributed by atoms with E-state index in [1.807, 2.05) is 0 Å². The van der Waals surface area contributed by atoms with E-state index in [1.165, 1.54) is 17.0 Å². The highest BCUT2D eigenvalue weighted by Crippen LogP contribution is 2.41. The number of nitrogens with zero attached hydrogens (tertiary/aromatic N) is 1. The van der Waals surface area contributed by atoms with Crippen LogP contribution >= 0.6 is 39.1 Å².